The van der Waals surface area contributed by atoms with Crippen LogP contribution in [-0.4, -0.2) is 62.6 Å². The first-order chi connectivity index (χ1) is 24.4. The van der Waals surface area contributed by atoms with E-state index in [1.807, 2.05) is 27.7 Å². The SMILES string of the molecule is COc1ccccc1C(O)(c1ccccc1OC)C(NC(=O)CC(=O)NC(C(C)C)C(O)(c1ccccc1OC)c1ccccc1OC)C(C)C. The average molecular weight is 699 g/mol. The lowest BCUT2D eigenvalue weighted by molar-refractivity contribution is -0.133. The highest BCUT2D eigenvalue weighted by molar-refractivity contribution is 5.97. The van der Waals surface area contributed by atoms with Gasteiger partial charge in [-0.15, -0.1) is 0 Å². The van der Waals surface area contributed by atoms with Crippen LogP contribution in [0.25, 0.3) is 0 Å². The molecule has 0 heterocycles. The van der Waals surface area contributed by atoms with Crippen LogP contribution in [0.2, 0.25) is 0 Å². The number of rotatable bonds is 16. The van der Waals surface area contributed by atoms with Gasteiger partial charge in [-0.05, 0) is 36.1 Å². The fourth-order valence-corrected chi connectivity index (χ4v) is 6.90. The van der Waals surface area contributed by atoms with E-state index in [4.69, 9.17) is 18.9 Å². The zero-order valence-corrected chi connectivity index (χ0v) is 30.6. The minimum Gasteiger partial charge on any atom is -0.496 e. The summed E-state index contributed by atoms with van der Waals surface area (Å²) >= 11 is 0. The minimum absolute atomic E-state index is 0.332. The van der Waals surface area contributed by atoms with Gasteiger partial charge in [-0.3, -0.25) is 9.59 Å². The number of hydrogen-bond acceptors (Lipinski definition) is 8. The number of aliphatic hydroxyl groups is 2. The Bertz CT molecular complexity index is 1560. The highest BCUT2D eigenvalue weighted by Crippen LogP contribution is 2.45. The lowest BCUT2D eigenvalue weighted by atomic mass is 9.74. The van der Waals surface area contributed by atoms with Crippen LogP contribution < -0.4 is 29.6 Å². The number of carbonyl (C=O) groups is 2. The van der Waals surface area contributed by atoms with Crippen LogP contribution in [0.5, 0.6) is 23.0 Å². The summed E-state index contributed by atoms with van der Waals surface area (Å²) in [5, 5.41) is 31.6. The fourth-order valence-electron chi connectivity index (χ4n) is 6.90. The van der Waals surface area contributed by atoms with Crippen molar-refractivity contribution in [3.63, 3.8) is 0 Å². The molecule has 0 fully saturated rings. The van der Waals surface area contributed by atoms with Crippen molar-refractivity contribution in [2.45, 2.75) is 57.4 Å². The summed E-state index contributed by atoms with van der Waals surface area (Å²) in [4.78, 5) is 27.8. The van der Waals surface area contributed by atoms with Crippen LogP contribution in [0.1, 0.15) is 56.4 Å². The number of ether oxygens (including phenoxy) is 4. The largest absolute Gasteiger partial charge is 0.496 e. The molecule has 4 aromatic rings. The maximum atomic E-state index is 13.9. The summed E-state index contributed by atoms with van der Waals surface area (Å²) in [5.41, 5.74) is -2.02. The van der Waals surface area contributed by atoms with Crippen LogP contribution in [0.15, 0.2) is 97.1 Å². The number of carbonyl (C=O) groups excluding carboxylic acids is 2. The van der Waals surface area contributed by atoms with Crippen molar-refractivity contribution in [1.82, 2.24) is 10.6 Å². The van der Waals surface area contributed by atoms with E-state index >= 15 is 0 Å². The lowest BCUT2D eigenvalue weighted by Crippen LogP contribution is -2.57. The first-order valence-corrected chi connectivity index (χ1v) is 17.0. The predicted molar refractivity (Wildman–Crippen MR) is 196 cm³/mol. The van der Waals surface area contributed by atoms with Gasteiger partial charge in [0.25, 0.3) is 0 Å². The van der Waals surface area contributed by atoms with Crippen molar-refractivity contribution in [2.75, 3.05) is 28.4 Å². The Hall–Kier alpha value is -5.06. The van der Waals surface area contributed by atoms with Crippen molar-refractivity contribution in [3.05, 3.63) is 119 Å². The molecular weight excluding hydrogens is 648 g/mol. The zero-order chi connectivity index (χ0) is 37.3. The Morgan fingerprint density at radius 2 is 0.745 bits per heavy atom. The molecule has 0 radical (unpaired) electrons. The van der Waals surface area contributed by atoms with Gasteiger partial charge in [-0.2, -0.15) is 0 Å². The van der Waals surface area contributed by atoms with Gasteiger partial charge in [-0.25, -0.2) is 0 Å². The Kier molecular flexibility index (Phi) is 12.7. The quantitative estimate of drug-likeness (QED) is 0.112. The van der Waals surface area contributed by atoms with Crippen molar-refractivity contribution >= 4 is 11.8 Å². The number of hydrogen-bond donors (Lipinski definition) is 4. The van der Waals surface area contributed by atoms with Crippen molar-refractivity contribution in [1.29, 1.82) is 0 Å². The number of methoxy groups -OCH3 is 4. The van der Waals surface area contributed by atoms with Gasteiger partial charge in [0, 0.05) is 22.3 Å². The molecule has 0 saturated carbocycles. The first-order valence-electron chi connectivity index (χ1n) is 17.0. The number of benzene rings is 4. The predicted octanol–water partition coefficient (Wildman–Crippen LogP) is 5.56. The molecule has 0 aromatic heterocycles. The Balaban J connectivity index is 1.73. The molecule has 0 saturated heterocycles. The summed E-state index contributed by atoms with van der Waals surface area (Å²) in [6, 6.07) is 26.3. The second-order valence-electron chi connectivity index (χ2n) is 13.1. The summed E-state index contributed by atoms with van der Waals surface area (Å²) in [6.45, 7) is 7.49. The van der Waals surface area contributed by atoms with E-state index in [1.165, 1.54) is 28.4 Å². The third-order valence-corrected chi connectivity index (χ3v) is 9.26. The topological polar surface area (TPSA) is 136 Å². The monoisotopic (exact) mass is 698 g/mol. The molecule has 272 valence electrons. The molecule has 10 heteroatoms. The van der Waals surface area contributed by atoms with E-state index in [9.17, 15) is 19.8 Å². The fraction of sp³-hybridized carbons (Fsp3) is 0.366. The van der Waals surface area contributed by atoms with Gasteiger partial charge in [0.05, 0.1) is 40.5 Å². The second kappa shape index (κ2) is 16.8. The van der Waals surface area contributed by atoms with Crippen molar-refractivity contribution in [2.24, 2.45) is 11.8 Å². The molecule has 2 unspecified atom stereocenters. The molecule has 2 atom stereocenters. The van der Waals surface area contributed by atoms with Gasteiger partial charge >= 0.3 is 0 Å². The molecule has 51 heavy (non-hydrogen) atoms. The third-order valence-electron chi connectivity index (χ3n) is 9.26. The summed E-state index contributed by atoms with van der Waals surface area (Å²) < 4.78 is 22.7. The average Bonchev–Trinajstić information content (AvgIpc) is 3.15. The smallest absolute Gasteiger partial charge is 0.229 e. The maximum Gasteiger partial charge on any atom is 0.229 e. The highest BCUT2D eigenvalue weighted by Gasteiger charge is 2.48. The van der Waals surface area contributed by atoms with Crippen LogP contribution in [-0.2, 0) is 20.8 Å². The second-order valence-corrected chi connectivity index (χ2v) is 13.1. The van der Waals surface area contributed by atoms with Gasteiger partial charge in [0.2, 0.25) is 11.8 Å². The molecule has 0 bridgehead atoms. The molecule has 0 aliphatic rings. The summed E-state index contributed by atoms with van der Waals surface area (Å²) in [5.74, 6) is -0.274. The Labute approximate surface area is 300 Å². The van der Waals surface area contributed by atoms with Crippen molar-refractivity contribution in [3.8, 4) is 23.0 Å². The van der Waals surface area contributed by atoms with Gasteiger partial charge in [-0.1, -0.05) is 100 Å². The molecule has 4 N–H and O–H groups in total. The molecule has 0 spiro atoms. The van der Waals surface area contributed by atoms with E-state index in [2.05, 4.69) is 10.6 Å². The molecule has 2 amide bonds. The van der Waals surface area contributed by atoms with E-state index in [1.54, 1.807) is 97.1 Å². The molecule has 4 rings (SSSR count). The number of amides is 2. The Morgan fingerprint density at radius 3 is 0.961 bits per heavy atom. The molecule has 10 nitrogen and oxygen atoms in total. The van der Waals surface area contributed by atoms with Crippen LogP contribution in [0.4, 0.5) is 0 Å². The van der Waals surface area contributed by atoms with Gasteiger partial charge < -0.3 is 39.8 Å². The summed E-state index contributed by atoms with van der Waals surface area (Å²) in [6.07, 6.45) is -0.589. The standard InChI is InChI=1S/C41H50N2O8/c1-26(2)38(40(46,28-17-9-13-21-32(28)48-5)29-18-10-14-22-33(29)49-6)42-36(44)25-37(45)43-39(27(3)4)41(47,30-19-11-15-23-34(30)50-7)31-20-12-16-24-35(31)51-8/h9-24,26-27,38-39,46-47H,25H2,1-8H3,(H,42,44)(H,43,45). The van der Waals surface area contributed by atoms with Crippen LogP contribution >= 0.6 is 0 Å². The number of para-hydroxylation sites is 4. The zero-order valence-electron chi connectivity index (χ0n) is 30.6. The minimum atomic E-state index is -1.84. The van der Waals surface area contributed by atoms with Gasteiger partial charge in [0.15, 0.2) is 0 Å². The van der Waals surface area contributed by atoms with E-state index in [-0.39, 0.29) is 11.8 Å². The molecule has 0 aliphatic carbocycles. The van der Waals surface area contributed by atoms with Crippen LogP contribution in [0, 0.1) is 11.8 Å². The van der Waals surface area contributed by atoms with E-state index in [0.717, 1.165) is 0 Å². The lowest BCUT2D eigenvalue weighted by Gasteiger charge is -2.41. The number of nitrogens with one attached hydrogen (secondary N) is 2. The Morgan fingerprint density at radius 1 is 0.510 bits per heavy atom. The molecule has 0 aliphatic heterocycles. The highest BCUT2D eigenvalue weighted by atomic mass is 16.5. The van der Waals surface area contributed by atoms with Crippen LogP contribution in [0.3, 0.4) is 0 Å². The molecular formula is C41H50N2O8. The van der Waals surface area contributed by atoms with Crippen molar-refractivity contribution < 1.29 is 38.7 Å². The molecule has 4 aromatic carbocycles. The van der Waals surface area contributed by atoms with E-state index < -0.39 is 41.5 Å². The normalized spacial score (nSPS) is 12.9. The first kappa shape index (κ1) is 38.7. The van der Waals surface area contributed by atoms with Gasteiger partial charge in [0.1, 0.15) is 40.6 Å². The maximum absolute atomic E-state index is 13.9. The third kappa shape index (κ3) is 7.82. The van der Waals surface area contributed by atoms with E-state index in [0.29, 0.717) is 45.3 Å². The summed E-state index contributed by atoms with van der Waals surface area (Å²) in [7, 11) is 6.04.